The van der Waals surface area contributed by atoms with Crippen LogP contribution in [0.2, 0.25) is 0 Å². The van der Waals surface area contributed by atoms with Crippen LogP contribution in [0.5, 0.6) is 11.5 Å². The lowest BCUT2D eigenvalue weighted by molar-refractivity contribution is 0.482. The molecule has 0 saturated carbocycles. The average Bonchev–Trinajstić information content (AvgIpc) is 3.48. The van der Waals surface area contributed by atoms with E-state index in [4.69, 9.17) is 9.84 Å². The van der Waals surface area contributed by atoms with Gasteiger partial charge in [0, 0.05) is 42.0 Å². The zero-order valence-corrected chi connectivity index (χ0v) is 18.7. The molecule has 0 radical (unpaired) electrons. The van der Waals surface area contributed by atoms with Gasteiger partial charge in [0.25, 0.3) is 0 Å². The van der Waals surface area contributed by atoms with E-state index in [9.17, 15) is 0 Å². The monoisotopic (exact) mass is 442 g/mol. The Morgan fingerprint density at radius 1 is 0.706 bits per heavy atom. The van der Waals surface area contributed by atoms with Crippen LogP contribution in [0.25, 0.3) is 39.2 Å². The van der Waals surface area contributed by atoms with E-state index in [2.05, 4.69) is 47.4 Å². The predicted octanol–water partition coefficient (Wildman–Crippen LogP) is 6.89. The van der Waals surface area contributed by atoms with Gasteiger partial charge in [0.15, 0.2) is 0 Å². The van der Waals surface area contributed by atoms with Crippen LogP contribution in [0, 0.1) is 0 Å². The van der Waals surface area contributed by atoms with Crippen LogP contribution in [0.1, 0.15) is 0 Å². The first-order valence-electron chi connectivity index (χ1n) is 11.2. The first kappa shape index (κ1) is 20.0. The smallest absolute Gasteiger partial charge is 0.139 e. The first-order chi connectivity index (χ1) is 16.8. The Balaban J connectivity index is 1.40. The van der Waals surface area contributed by atoms with Crippen molar-refractivity contribution in [2.75, 3.05) is 0 Å². The minimum Gasteiger partial charge on any atom is -0.457 e. The summed E-state index contributed by atoms with van der Waals surface area (Å²) >= 11 is 0. The van der Waals surface area contributed by atoms with Gasteiger partial charge in [-0.05, 0) is 30.3 Å². The topological polar surface area (TPSA) is 44.9 Å². The zero-order chi connectivity index (χ0) is 22.9. The molecule has 4 aromatic carbocycles. The second-order valence-corrected chi connectivity index (χ2v) is 8.13. The zero-order valence-electron chi connectivity index (χ0n) is 18.7. The Morgan fingerprint density at radius 3 is 2.26 bits per heavy atom. The van der Waals surface area contributed by atoms with E-state index in [0.29, 0.717) is 0 Å². The van der Waals surface area contributed by atoms with Gasteiger partial charge in [0.1, 0.15) is 17.3 Å². The molecule has 164 valence electrons. The molecule has 0 aliphatic carbocycles. The van der Waals surface area contributed by atoms with E-state index in [-0.39, 0.29) is 0 Å². The van der Waals surface area contributed by atoms with Gasteiger partial charge in [0.2, 0.25) is 0 Å². The number of ether oxygens (including phenoxy) is 1. The van der Waals surface area contributed by atoms with Crippen LogP contribution >= 0.6 is 0 Å². The largest absolute Gasteiger partial charge is 0.457 e. The number of benzene rings is 4. The molecule has 0 spiro atoms. The van der Waals surface area contributed by atoms with Crippen molar-refractivity contribution < 1.29 is 4.74 Å². The standard InChI is InChI=1S/C29H22N4O/c1-32-18-17-30-29(32)22-11-7-13-24(19-22)34-25-14-8-12-23(20-25)33-28(21-9-3-2-4-10-21)26-15-5-6-16-27(26)31-33/h2-20H,1H3. The predicted molar refractivity (Wildman–Crippen MR) is 135 cm³/mol. The van der Waals surface area contributed by atoms with Crippen molar-refractivity contribution >= 4 is 10.9 Å². The highest BCUT2D eigenvalue weighted by molar-refractivity contribution is 5.94. The maximum absolute atomic E-state index is 6.26. The second kappa shape index (κ2) is 8.37. The van der Waals surface area contributed by atoms with Crippen molar-refractivity contribution in [3.05, 3.63) is 116 Å². The summed E-state index contributed by atoms with van der Waals surface area (Å²) in [6, 6.07) is 34.6. The number of aromatic nitrogens is 4. The third-order valence-corrected chi connectivity index (χ3v) is 5.84. The van der Waals surface area contributed by atoms with E-state index in [1.807, 2.05) is 83.2 Å². The highest BCUT2D eigenvalue weighted by Crippen LogP contribution is 2.33. The van der Waals surface area contributed by atoms with Crippen LogP contribution in [0.15, 0.2) is 116 Å². The van der Waals surface area contributed by atoms with Gasteiger partial charge in [-0.15, -0.1) is 0 Å². The van der Waals surface area contributed by atoms with Gasteiger partial charge in [-0.2, -0.15) is 5.10 Å². The normalized spacial score (nSPS) is 11.1. The summed E-state index contributed by atoms with van der Waals surface area (Å²) in [4.78, 5) is 4.44. The van der Waals surface area contributed by atoms with Crippen LogP contribution < -0.4 is 4.74 Å². The Morgan fingerprint density at radius 2 is 1.44 bits per heavy atom. The molecule has 0 saturated heterocycles. The van der Waals surface area contributed by atoms with Gasteiger partial charge in [-0.3, -0.25) is 0 Å². The lowest BCUT2D eigenvalue weighted by atomic mass is 10.1. The summed E-state index contributed by atoms with van der Waals surface area (Å²) in [5, 5.41) is 6.03. The molecule has 0 amide bonds. The Labute approximate surface area is 197 Å². The molecule has 6 aromatic rings. The minimum atomic E-state index is 0.744. The van der Waals surface area contributed by atoms with Crippen molar-refractivity contribution in [2.45, 2.75) is 0 Å². The molecular weight excluding hydrogens is 420 g/mol. The van der Waals surface area contributed by atoms with Gasteiger partial charge in [-0.1, -0.05) is 66.7 Å². The molecule has 6 rings (SSSR count). The molecule has 5 nitrogen and oxygen atoms in total. The number of hydrogen-bond acceptors (Lipinski definition) is 3. The summed E-state index contributed by atoms with van der Waals surface area (Å²) in [5.41, 5.74) is 5.07. The summed E-state index contributed by atoms with van der Waals surface area (Å²) in [6.45, 7) is 0. The summed E-state index contributed by atoms with van der Waals surface area (Å²) in [5.74, 6) is 2.40. The Bertz CT molecular complexity index is 1600. The molecule has 5 heteroatoms. The van der Waals surface area contributed by atoms with E-state index in [1.165, 1.54) is 0 Å². The lowest BCUT2D eigenvalue weighted by Crippen LogP contribution is -1.99. The lowest BCUT2D eigenvalue weighted by Gasteiger charge is -2.11. The van der Waals surface area contributed by atoms with E-state index in [0.717, 1.165) is 50.7 Å². The molecule has 2 aromatic heterocycles. The van der Waals surface area contributed by atoms with Gasteiger partial charge in [0.05, 0.1) is 16.9 Å². The van der Waals surface area contributed by atoms with Crippen LogP contribution in [-0.2, 0) is 7.05 Å². The van der Waals surface area contributed by atoms with Crippen molar-refractivity contribution in [3.8, 4) is 39.8 Å². The third-order valence-electron chi connectivity index (χ3n) is 5.84. The average molecular weight is 443 g/mol. The van der Waals surface area contributed by atoms with E-state index < -0.39 is 0 Å². The van der Waals surface area contributed by atoms with Crippen LogP contribution in [-0.4, -0.2) is 19.3 Å². The molecule has 0 bridgehead atoms. The molecule has 0 N–H and O–H groups in total. The maximum atomic E-state index is 6.26. The summed E-state index contributed by atoms with van der Waals surface area (Å²) < 4.78 is 10.3. The number of fused-ring (bicyclic) bond motifs is 1. The number of imidazole rings is 1. The van der Waals surface area contributed by atoms with E-state index in [1.54, 1.807) is 6.20 Å². The van der Waals surface area contributed by atoms with Crippen molar-refractivity contribution in [3.63, 3.8) is 0 Å². The van der Waals surface area contributed by atoms with Crippen LogP contribution in [0.3, 0.4) is 0 Å². The molecule has 2 heterocycles. The van der Waals surface area contributed by atoms with Crippen molar-refractivity contribution in [1.82, 2.24) is 19.3 Å². The Hall–Kier alpha value is -4.64. The fourth-order valence-corrected chi connectivity index (χ4v) is 4.25. The van der Waals surface area contributed by atoms with E-state index >= 15 is 0 Å². The molecular formula is C29H22N4O. The molecule has 0 aliphatic heterocycles. The molecule has 0 unspecified atom stereocenters. The molecule has 0 aliphatic rings. The van der Waals surface area contributed by atoms with Crippen LogP contribution in [0.4, 0.5) is 0 Å². The maximum Gasteiger partial charge on any atom is 0.139 e. The SMILES string of the molecule is Cn1ccnc1-c1cccc(Oc2cccc(-n3nc4ccccc4c3-c3ccccc3)c2)c1. The summed E-state index contributed by atoms with van der Waals surface area (Å²) in [6.07, 6.45) is 3.73. The fraction of sp³-hybridized carbons (Fsp3) is 0.0345. The second-order valence-electron chi connectivity index (χ2n) is 8.13. The van der Waals surface area contributed by atoms with Gasteiger partial charge in [-0.25, -0.2) is 9.67 Å². The van der Waals surface area contributed by atoms with Gasteiger partial charge < -0.3 is 9.30 Å². The number of nitrogens with zero attached hydrogens (tertiary/aromatic N) is 4. The highest BCUT2D eigenvalue weighted by atomic mass is 16.5. The minimum absolute atomic E-state index is 0.744. The van der Waals surface area contributed by atoms with Crippen molar-refractivity contribution in [1.29, 1.82) is 0 Å². The quantitative estimate of drug-likeness (QED) is 0.292. The molecule has 0 atom stereocenters. The first-order valence-corrected chi connectivity index (χ1v) is 11.2. The summed E-state index contributed by atoms with van der Waals surface area (Å²) in [7, 11) is 1.98. The molecule has 0 fully saturated rings. The number of hydrogen-bond donors (Lipinski definition) is 0. The van der Waals surface area contributed by atoms with Crippen molar-refractivity contribution in [2.24, 2.45) is 7.05 Å². The number of aryl methyl sites for hydroxylation is 1. The molecule has 34 heavy (non-hydrogen) atoms. The Kier molecular flexibility index (Phi) is 4.92. The van der Waals surface area contributed by atoms with Gasteiger partial charge >= 0.3 is 0 Å². The third kappa shape index (κ3) is 3.63. The fourth-order valence-electron chi connectivity index (χ4n) is 4.25. The number of rotatable bonds is 5. The highest BCUT2D eigenvalue weighted by Gasteiger charge is 2.15.